The molecule has 10 heteroatoms. The highest BCUT2D eigenvalue weighted by molar-refractivity contribution is 5.78. The van der Waals surface area contributed by atoms with Crippen molar-refractivity contribution < 1.29 is 4.92 Å². The fourth-order valence-electron chi connectivity index (χ4n) is 2.77. The third-order valence-corrected chi connectivity index (χ3v) is 4.42. The van der Waals surface area contributed by atoms with Crippen molar-refractivity contribution in [2.45, 2.75) is 13.8 Å². The minimum atomic E-state index is -0.447. The highest BCUT2D eigenvalue weighted by Gasteiger charge is 2.12. The first-order chi connectivity index (χ1) is 15.6. The second kappa shape index (κ2) is 11.2. The topological polar surface area (TPSA) is 121 Å². The van der Waals surface area contributed by atoms with Crippen molar-refractivity contribution in [2.24, 2.45) is 5.10 Å². The minimum Gasteiger partial charge on any atom is -0.341 e. The summed E-state index contributed by atoms with van der Waals surface area (Å²) in [6.07, 6.45) is 5.35. The lowest BCUT2D eigenvalue weighted by Crippen LogP contribution is -2.25. The first-order valence-corrected chi connectivity index (χ1v) is 10.1. The summed E-state index contributed by atoms with van der Waals surface area (Å²) >= 11 is 0. The summed E-state index contributed by atoms with van der Waals surface area (Å²) in [5.74, 6) is 1.07. The number of allylic oxidation sites excluding steroid dienone is 1. The number of nitro benzene ring substituents is 1. The Hall–Kier alpha value is -4.34. The van der Waals surface area contributed by atoms with Gasteiger partial charge in [0.15, 0.2) is 0 Å². The van der Waals surface area contributed by atoms with Crippen molar-refractivity contribution in [1.82, 2.24) is 15.0 Å². The van der Waals surface area contributed by atoms with Crippen LogP contribution in [0.15, 0.2) is 65.8 Å². The molecule has 0 amide bonds. The standard InChI is InChI=1S/C22H24N8O2/c1-3-29(4-2)22-26-20(24-18-12-14-19(15-13-18)30(31)32)25-21(27-22)28-23-16-8-11-17-9-6-5-7-10-17/h5-16H,3-4H2,1-2H3,(H2,24,25,26,27,28)/b11-8+,23-16-. The summed E-state index contributed by atoms with van der Waals surface area (Å²) in [6, 6.07) is 15.9. The van der Waals surface area contributed by atoms with Crippen molar-refractivity contribution in [3.8, 4) is 0 Å². The molecule has 0 aliphatic carbocycles. The molecule has 0 fully saturated rings. The number of nitrogens with one attached hydrogen (secondary N) is 2. The van der Waals surface area contributed by atoms with Crippen LogP contribution in [0.3, 0.4) is 0 Å². The molecule has 0 bridgehead atoms. The van der Waals surface area contributed by atoms with Crippen LogP contribution >= 0.6 is 0 Å². The van der Waals surface area contributed by atoms with Gasteiger partial charge in [0.1, 0.15) is 0 Å². The molecular weight excluding hydrogens is 408 g/mol. The Labute approximate surface area is 185 Å². The number of anilines is 4. The second-order valence-corrected chi connectivity index (χ2v) is 6.54. The fraction of sp³-hybridized carbons (Fsp3) is 0.182. The predicted octanol–water partition coefficient (Wildman–Crippen LogP) is 4.48. The van der Waals surface area contributed by atoms with E-state index in [2.05, 4.69) is 30.8 Å². The van der Waals surface area contributed by atoms with Crippen molar-refractivity contribution >= 4 is 41.5 Å². The Morgan fingerprint density at radius 2 is 1.69 bits per heavy atom. The molecule has 2 N–H and O–H groups in total. The number of aromatic nitrogens is 3. The average molecular weight is 432 g/mol. The molecule has 0 radical (unpaired) electrons. The summed E-state index contributed by atoms with van der Waals surface area (Å²) in [6.45, 7) is 5.46. The van der Waals surface area contributed by atoms with Gasteiger partial charge < -0.3 is 10.2 Å². The van der Waals surface area contributed by atoms with Gasteiger partial charge >= 0.3 is 0 Å². The number of non-ortho nitro benzene ring substituents is 1. The van der Waals surface area contributed by atoms with Gasteiger partial charge in [0, 0.05) is 37.1 Å². The molecule has 0 unspecified atom stereocenters. The van der Waals surface area contributed by atoms with E-state index < -0.39 is 4.92 Å². The van der Waals surface area contributed by atoms with Gasteiger partial charge in [-0.25, -0.2) is 5.43 Å². The fourth-order valence-corrected chi connectivity index (χ4v) is 2.77. The van der Waals surface area contributed by atoms with E-state index in [1.807, 2.05) is 61.2 Å². The maximum absolute atomic E-state index is 10.8. The molecule has 0 atom stereocenters. The van der Waals surface area contributed by atoms with Crippen LogP contribution in [0.1, 0.15) is 19.4 Å². The highest BCUT2D eigenvalue weighted by atomic mass is 16.6. The van der Waals surface area contributed by atoms with E-state index in [1.54, 1.807) is 18.3 Å². The normalized spacial score (nSPS) is 11.1. The second-order valence-electron chi connectivity index (χ2n) is 6.54. The highest BCUT2D eigenvalue weighted by Crippen LogP contribution is 2.20. The van der Waals surface area contributed by atoms with Crippen LogP contribution in [-0.4, -0.2) is 39.2 Å². The van der Waals surface area contributed by atoms with Crippen LogP contribution in [0.25, 0.3) is 6.08 Å². The molecule has 1 heterocycles. The number of hydrogen-bond donors (Lipinski definition) is 2. The van der Waals surface area contributed by atoms with Gasteiger partial charge in [-0.05, 0) is 37.6 Å². The first kappa shape index (κ1) is 22.3. The molecule has 32 heavy (non-hydrogen) atoms. The number of nitrogens with zero attached hydrogens (tertiary/aromatic N) is 6. The Bertz CT molecular complexity index is 1080. The Kier molecular flexibility index (Phi) is 7.79. The zero-order chi connectivity index (χ0) is 22.8. The van der Waals surface area contributed by atoms with Gasteiger partial charge in [0.2, 0.25) is 17.8 Å². The number of hydrogen-bond acceptors (Lipinski definition) is 9. The average Bonchev–Trinajstić information content (AvgIpc) is 2.81. The van der Waals surface area contributed by atoms with Crippen LogP contribution in [0.5, 0.6) is 0 Å². The van der Waals surface area contributed by atoms with E-state index >= 15 is 0 Å². The van der Waals surface area contributed by atoms with E-state index in [1.165, 1.54) is 12.1 Å². The van der Waals surface area contributed by atoms with Crippen molar-refractivity contribution in [3.63, 3.8) is 0 Å². The predicted molar refractivity (Wildman–Crippen MR) is 127 cm³/mol. The lowest BCUT2D eigenvalue weighted by Gasteiger charge is -2.19. The molecule has 1 aromatic heterocycles. The monoisotopic (exact) mass is 432 g/mol. The van der Waals surface area contributed by atoms with E-state index in [0.29, 0.717) is 17.6 Å². The van der Waals surface area contributed by atoms with Crippen LogP contribution < -0.4 is 15.6 Å². The van der Waals surface area contributed by atoms with Crippen LogP contribution in [-0.2, 0) is 0 Å². The van der Waals surface area contributed by atoms with Crippen molar-refractivity contribution in [3.05, 3.63) is 76.4 Å². The molecule has 0 saturated heterocycles. The molecular formula is C22H24N8O2. The summed E-state index contributed by atoms with van der Waals surface area (Å²) in [4.78, 5) is 25.6. The Balaban J connectivity index is 1.77. The number of benzene rings is 2. The maximum atomic E-state index is 10.8. The largest absolute Gasteiger partial charge is 0.341 e. The SMILES string of the molecule is CCN(CC)c1nc(N/N=C\C=C\c2ccccc2)nc(Nc2ccc([N+](=O)[O-])cc2)n1. The van der Waals surface area contributed by atoms with E-state index in [0.717, 1.165) is 18.7 Å². The molecule has 3 aromatic rings. The van der Waals surface area contributed by atoms with Gasteiger partial charge in [-0.2, -0.15) is 20.1 Å². The summed E-state index contributed by atoms with van der Waals surface area (Å²) < 4.78 is 0. The smallest absolute Gasteiger partial charge is 0.269 e. The maximum Gasteiger partial charge on any atom is 0.269 e. The lowest BCUT2D eigenvalue weighted by atomic mass is 10.2. The van der Waals surface area contributed by atoms with Gasteiger partial charge in [-0.15, -0.1) is 0 Å². The zero-order valence-electron chi connectivity index (χ0n) is 17.8. The third-order valence-electron chi connectivity index (χ3n) is 4.42. The molecule has 0 aliphatic heterocycles. The minimum absolute atomic E-state index is 0.00952. The van der Waals surface area contributed by atoms with Gasteiger partial charge in [0.25, 0.3) is 5.69 Å². The number of rotatable bonds is 10. The van der Waals surface area contributed by atoms with Crippen LogP contribution in [0.4, 0.5) is 29.2 Å². The van der Waals surface area contributed by atoms with Crippen molar-refractivity contribution in [1.29, 1.82) is 0 Å². The van der Waals surface area contributed by atoms with Crippen LogP contribution in [0.2, 0.25) is 0 Å². The molecule has 164 valence electrons. The zero-order valence-corrected chi connectivity index (χ0v) is 17.8. The third kappa shape index (κ3) is 6.33. The van der Waals surface area contributed by atoms with Gasteiger partial charge in [0.05, 0.1) is 4.92 Å². The molecule has 0 spiro atoms. The summed E-state index contributed by atoms with van der Waals surface area (Å²) in [5.41, 5.74) is 4.52. The Morgan fingerprint density at radius 1 is 1.00 bits per heavy atom. The summed E-state index contributed by atoms with van der Waals surface area (Å²) in [7, 11) is 0. The van der Waals surface area contributed by atoms with E-state index in [-0.39, 0.29) is 11.6 Å². The van der Waals surface area contributed by atoms with Gasteiger partial charge in [-0.1, -0.05) is 36.4 Å². The molecule has 10 nitrogen and oxygen atoms in total. The molecule has 0 aliphatic rings. The van der Waals surface area contributed by atoms with E-state index in [4.69, 9.17) is 0 Å². The van der Waals surface area contributed by atoms with E-state index in [9.17, 15) is 10.1 Å². The number of hydrazone groups is 1. The van der Waals surface area contributed by atoms with Gasteiger partial charge in [-0.3, -0.25) is 10.1 Å². The lowest BCUT2D eigenvalue weighted by molar-refractivity contribution is -0.384. The molecule has 3 rings (SSSR count). The van der Waals surface area contributed by atoms with Crippen LogP contribution in [0, 0.1) is 10.1 Å². The summed E-state index contributed by atoms with van der Waals surface area (Å²) in [5, 5.41) is 18.1. The first-order valence-electron chi connectivity index (χ1n) is 10.1. The molecule has 2 aromatic carbocycles. The molecule has 0 saturated carbocycles. The number of nitro groups is 1. The van der Waals surface area contributed by atoms with Crippen molar-refractivity contribution in [2.75, 3.05) is 28.7 Å². The quantitative estimate of drug-likeness (QED) is 0.273. The Morgan fingerprint density at radius 3 is 2.34 bits per heavy atom.